The lowest BCUT2D eigenvalue weighted by atomic mass is 10.1. The molecular weight excluding hydrogens is 314 g/mol. The number of rotatable bonds is 5. The first-order valence-corrected chi connectivity index (χ1v) is 8.33. The minimum Gasteiger partial charge on any atom is -0.337 e. The van der Waals surface area contributed by atoms with Crippen LogP contribution in [0.4, 0.5) is 0 Å². The first kappa shape index (κ1) is 16.9. The predicted octanol–water partition coefficient (Wildman–Crippen LogP) is 4.02. The molecule has 0 N–H and O–H groups in total. The van der Waals surface area contributed by atoms with Crippen molar-refractivity contribution >= 4 is 5.91 Å². The van der Waals surface area contributed by atoms with E-state index in [-0.39, 0.29) is 5.91 Å². The Kier molecular flexibility index (Phi) is 4.93. The van der Waals surface area contributed by atoms with Gasteiger partial charge in [-0.25, -0.2) is 0 Å². The van der Waals surface area contributed by atoms with Crippen molar-refractivity contribution in [3.05, 3.63) is 71.1 Å². The molecule has 5 nitrogen and oxygen atoms in total. The molecule has 1 heterocycles. The zero-order valence-electron chi connectivity index (χ0n) is 14.7. The SMILES string of the molecule is CCN(Cc1nc(-c2cccc(C)c2)no1)C(=O)c1ccccc1C. The topological polar surface area (TPSA) is 59.2 Å². The Morgan fingerprint density at radius 3 is 2.64 bits per heavy atom. The number of carbonyl (C=O) groups is 1. The third-order valence-electron chi connectivity index (χ3n) is 4.11. The Labute approximate surface area is 147 Å². The van der Waals surface area contributed by atoms with Gasteiger partial charge in [0.2, 0.25) is 11.7 Å². The van der Waals surface area contributed by atoms with E-state index in [4.69, 9.17) is 4.52 Å². The van der Waals surface area contributed by atoms with Crippen LogP contribution in [0.15, 0.2) is 53.1 Å². The largest absolute Gasteiger partial charge is 0.337 e. The highest BCUT2D eigenvalue weighted by Crippen LogP contribution is 2.18. The number of nitrogens with zero attached hydrogens (tertiary/aromatic N) is 3. The predicted molar refractivity (Wildman–Crippen MR) is 96.1 cm³/mol. The molecule has 0 spiro atoms. The molecule has 0 aliphatic carbocycles. The summed E-state index contributed by atoms with van der Waals surface area (Å²) in [6, 6.07) is 15.5. The Morgan fingerprint density at radius 1 is 1.12 bits per heavy atom. The van der Waals surface area contributed by atoms with Crippen molar-refractivity contribution < 1.29 is 9.32 Å². The van der Waals surface area contributed by atoms with Gasteiger partial charge in [-0.15, -0.1) is 0 Å². The summed E-state index contributed by atoms with van der Waals surface area (Å²) >= 11 is 0. The van der Waals surface area contributed by atoms with E-state index < -0.39 is 0 Å². The van der Waals surface area contributed by atoms with Crippen molar-refractivity contribution in [2.45, 2.75) is 27.3 Å². The fraction of sp³-hybridized carbons (Fsp3) is 0.250. The van der Waals surface area contributed by atoms with Crippen LogP contribution in [0.5, 0.6) is 0 Å². The molecule has 2 aromatic carbocycles. The van der Waals surface area contributed by atoms with Crippen LogP contribution in [-0.4, -0.2) is 27.5 Å². The second-order valence-electron chi connectivity index (χ2n) is 6.02. The molecule has 0 atom stereocenters. The van der Waals surface area contributed by atoms with Gasteiger partial charge in [-0.1, -0.05) is 47.1 Å². The number of amides is 1. The van der Waals surface area contributed by atoms with E-state index in [1.165, 1.54) is 0 Å². The molecule has 0 unspecified atom stereocenters. The maximum Gasteiger partial charge on any atom is 0.254 e. The van der Waals surface area contributed by atoms with Gasteiger partial charge in [0.1, 0.15) is 6.54 Å². The van der Waals surface area contributed by atoms with E-state index in [1.54, 1.807) is 4.90 Å². The Hall–Kier alpha value is -2.95. The van der Waals surface area contributed by atoms with Gasteiger partial charge in [-0.3, -0.25) is 4.79 Å². The number of aromatic nitrogens is 2. The third kappa shape index (κ3) is 3.76. The minimum atomic E-state index is -0.0316. The molecule has 25 heavy (non-hydrogen) atoms. The summed E-state index contributed by atoms with van der Waals surface area (Å²) in [5.74, 6) is 0.939. The Morgan fingerprint density at radius 2 is 1.92 bits per heavy atom. The molecule has 0 aliphatic rings. The van der Waals surface area contributed by atoms with Crippen molar-refractivity contribution in [1.82, 2.24) is 15.0 Å². The molecule has 0 bridgehead atoms. The molecule has 1 aromatic heterocycles. The van der Waals surface area contributed by atoms with Gasteiger partial charge in [-0.2, -0.15) is 4.98 Å². The van der Waals surface area contributed by atoms with Crippen LogP contribution in [0, 0.1) is 13.8 Å². The summed E-state index contributed by atoms with van der Waals surface area (Å²) in [5, 5.41) is 4.04. The highest BCUT2D eigenvalue weighted by atomic mass is 16.5. The van der Waals surface area contributed by atoms with Crippen LogP contribution >= 0.6 is 0 Å². The average Bonchev–Trinajstić information content (AvgIpc) is 3.08. The van der Waals surface area contributed by atoms with E-state index >= 15 is 0 Å². The zero-order valence-corrected chi connectivity index (χ0v) is 14.7. The normalized spacial score (nSPS) is 10.7. The summed E-state index contributed by atoms with van der Waals surface area (Å²) in [6.07, 6.45) is 0. The molecule has 0 fully saturated rings. The number of benzene rings is 2. The summed E-state index contributed by atoms with van der Waals surface area (Å²) in [7, 11) is 0. The average molecular weight is 335 g/mol. The summed E-state index contributed by atoms with van der Waals surface area (Å²) in [4.78, 5) is 18.9. The van der Waals surface area contributed by atoms with E-state index in [2.05, 4.69) is 10.1 Å². The number of aryl methyl sites for hydroxylation is 2. The molecule has 0 saturated carbocycles. The van der Waals surface area contributed by atoms with E-state index in [1.807, 2.05) is 69.3 Å². The van der Waals surface area contributed by atoms with Gasteiger partial charge in [0, 0.05) is 17.7 Å². The minimum absolute atomic E-state index is 0.0316. The first-order chi connectivity index (χ1) is 12.1. The zero-order chi connectivity index (χ0) is 17.8. The second-order valence-corrected chi connectivity index (χ2v) is 6.02. The van der Waals surface area contributed by atoms with Gasteiger partial charge in [0.25, 0.3) is 5.91 Å². The van der Waals surface area contributed by atoms with Crippen molar-refractivity contribution in [2.75, 3.05) is 6.54 Å². The molecule has 0 radical (unpaired) electrons. The highest BCUT2D eigenvalue weighted by molar-refractivity contribution is 5.95. The fourth-order valence-corrected chi connectivity index (χ4v) is 2.69. The molecule has 0 aliphatic heterocycles. The van der Waals surface area contributed by atoms with Crippen molar-refractivity contribution in [3.63, 3.8) is 0 Å². The van der Waals surface area contributed by atoms with Gasteiger partial charge in [0.15, 0.2) is 0 Å². The van der Waals surface area contributed by atoms with E-state index in [0.717, 1.165) is 16.7 Å². The summed E-state index contributed by atoms with van der Waals surface area (Å²) in [5.41, 5.74) is 3.69. The summed E-state index contributed by atoms with van der Waals surface area (Å²) in [6.45, 7) is 6.75. The fourth-order valence-electron chi connectivity index (χ4n) is 2.69. The van der Waals surface area contributed by atoms with Crippen LogP contribution in [-0.2, 0) is 6.54 Å². The lowest BCUT2D eigenvalue weighted by Gasteiger charge is -2.19. The third-order valence-corrected chi connectivity index (χ3v) is 4.11. The molecular formula is C20H21N3O2. The molecule has 5 heteroatoms. The van der Waals surface area contributed by atoms with E-state index in [9.17, 15) is 4.79 Å². The summed E-state index contributed by atoms with van der Waals surface area (Å²) < 4.78 is 5.35. The molecule has 1 amide bonds. The Bertz CT molecular complexity index is 886. The standard InChI is InChI=1S/C20H21N3O2/c1-4-23(20(24)17-11-6-5-9-15(17)3)13-18-21-19(22-25-18)16-10-7-8-14(2)12-16/h5-12H,4,13H2,1-3H3. The lowest BCUT2D eigenvalue weighted by molar-refractivity contribution is 0.0734. The highest BCUT2D eigenvalue weighted by Gasteiger charge is 2.19. The van der Waals surface area contributed by atoms with Crippen LogP contribution in [0.2, 0.25) is 0 Å². The molecule has 3 rings (SSSR count). The maximum absolute atomic E-state index is 12.8. The Balaban J connectivity index is 1.79. The van der Waals surface area contributed by atoms with Crippen LogP contribution < -0.4 is 0 Å². The van der Waals surface area contributed by atoms with Crippen molar-refractivity contribution in [1.29, 1.82) is 0 Å². The maximum atomic E-state index is 12.8. The van der Waals surface area contributed by atoms with Gasteiger partial charge < -0.3 is 9.42 Å². The van der Waals surface area contributed by atoms with Crippen LogP contribution in [0.3, 0.4) is 0 Å². The van der Waals surface area contributed by atoms with Gasteiger partial charge >= 0.3 is 0 Å². The van der Waals surface area contributed by atoms with Crippen molar-refractivity contribution in [3.8, 4) is 11.4 Å². The molecule has 0 saturated heterocycles. The first-order valence-electron chi connectivity index (χ1n) is 8.33. The monoisotopic (exact) mass is 335 g/mol. The smallest absolute Gasteiger partial charge is 0.254 e. The van der Waals surface area contributed by atoms with Gasteiger partial charge in [-0.05, 0) is 38.5 Å². The van der Waals surface area contributed by atoms with Crippen molar-refractivity contribution in [2.24, 2.45) is 0 Å². The lowest BCUT2D eigenvalue weighted by Crippen LogP contribution is -2.30. The molecule has 3 aromatic rings. The van der Waals surface area contributed by atoms with Gasteiger partial charge in [0.05, 0.1) is 0 Å². The number of hydrogen-bond acceptors (Lipinski definition) is 4. The number of carbonyl (C=O) groups excluding carboxylic acids is 1. The van der Waals surface area contributed by atoms with E-state index in [0.29, 0.717) is 30.4 Å². The van der Waals surface area contributed by atoms with Crippen LogP contribution in [0.25, 0.3) is 11.4 Å². The molecule has 128 valence electrons. The number of hydrogen-bond donors (Lipinski definition) is 0. The second kappa shape index (κ2) is 7.30. The quantitative estimate of drug-likeness (QED) is 0.707. The van der Waals surface area contributed by atoms with Crippen LogP contribution in [0.1, 0.15) is 34.3 Å².